The van der Waals surface area contributed by atoms with Gasteiger partial charge in [0, 0.05) is 12.2 Å². The van der Waals surface area contributed by atoms with E-state index in [1.165, 1.54) is 0 Å². The van der Waals surface area contributed by atoms with Crippen molar-refractivity contribution in [2.75, 3.05) is 12.1 Å². The lowest BCUT2D eigenvalue weighted by Crippen LogP contribution is -2.34. The molecule has 136 valence electrons. The maximum Gasteiger partial charge on any atom is 0.313 e. The summed E-state index contributed by atoms with van der Waals surface area (Å²) in [6.07, 6.45) is 3.08. The number of nitrogens with one attached hydrogen (secondary N) is 2. The van der Waals surface area contributed by atoms with Gasteiger partial charge in [0.05, 0.1) is 5.69 Å². The molecule has 0 radical (unpaired) electrons. The number of carbonyl (C=O) groups is 2. The lowest BCUT2D eigenvalue weighted by molar-refractivity contribution is -0.136. The predicted octanol–water partition coefficient (Wildman–Crippen LogP) is 1.25. The van der Waals surface area contributed by atoms with Crippen LogP contribution in [0.5, 0.6) is 11.5 Å². The van der Waals surface area contributed by atoms with Gasteiger partial charge in [-0.2, -0.15) is 0 Å². The highest BCUT2D eigenvalue weighted by atomic mass is 16.7. The highest BCUT2D eigenvalue weighted by molar-refractivity contribution is 6.39. The van der Waals surface area contributed by atoms with E-state index in [0.717, 1.165) is 11.3 Å². The highest BCUT2D eigenvalue weighted by Gasteiger charge is 2.16. The SMILES string of the molecule is O=C(NCc1ccc2c(c1)OCO2)C(=O)Nc1cccc(-n2cnnc2)c1. The summed E-state index contributed by atoms with van der Waals surface area (Å²) in [6, 6.07) is 12.3. The van der Waals surface area contributed by atoms with Crippen LogP contribution in [0.25, 0.3) is 5.69 Å². The molecule has 27 heavy (non-hydrogen) atoms. The first kappa shape index (κ1) is 16.6. The number of anilines is 1. The molecule has 0 fully saturated rings. The number of fused-ring (bicyclic) bond motifs is 1. The number of hydrogen-bond donors (Lipinski definition) is 2. The summed E-state index contributed by atoms with van der Waals surface area (Å²) in [5.74, 6) is -0.202. The average molecular weight is 365 g/mol. The molecule has 2 heterocycles. The van der Waals surface area contributed by atoms with Crippen molar-refractivity contribution in [3.63, 3.8) is 0 Å². The summed E-state index contributed by atoms with van der Waals surface area (Å²) in [4.78, 5) is 24.2. The van der Waals surface area contributed by atoms with Crippen LogP contribution < -0.4 is 20.1 Å². The van der Waals surface area contributed by atoms with Gasteiger partial charge in [-0.25, -0.2) is 0 Å². The molecular formula is C18H15N5O4. The van der Waals surface area contributed by atoms with Crippen LogP contribution in [0.3, 0.4) is 0 Å². The maximum atomic E-state index is 12.1. The molecule has 1 aliphatic rings. The fourth-order valence-corrected chi connectivity index (χ4v) is 2.58. The van der Waals surface area contributed by atoms with E-state index < -0.39 is 11.8 Å². The van der Waals surface area contributed by atoms with E-state index in [9.17, 15) is 9.59 Å². The van der Waals surface area contributed by atoms with Gasteiger partial charge >= 0.3 is 11.8 Å². The first-order valence-corrected chi connectivity index (χ1v) is 8.12. The van der Waals surface area contributed by atoms with Crippen LogP contribution >= 0.6 is 0 Å². The molecule has 0 spiro atoms. The van der Waals surface area contributed by atoms with E-state index in [1.807, 2.05) is 6.07 Å². The molecule has 3 aromatic rings. The van der Waals surface area contributed by atoms with Crippen molar-refractivity contribution in [2.24, 2.45) is 0 Å². The molecule has 0 atom stereocenters. The van der Waals surface area contributed by atoms with Crippen LogP contribution in [0.2, 0.25) is 0 Å². The minimum Gasteiger partial charge on any atom is -0.454 e. The summed E-state index contributed by atoms with van der Waals surface area (Å²) in [5.41, 5.74) is 2.05. The Balaban J connectivity index is 1.35. The van der Waals surface area contributed by atoms with Crippen LogP contribution in [0, 0.1) is 0 Å². The van der Waals surface area contributed by atoms with Crippen LogP contribution in [0.1, 0.15) is 5.56 Å². The van der Waals surface area contributed by atoms with Crippen molar-refractivity contribution in [1.82, 2.24) is 20.1 Å². The fourth-order valence-electron chi connectivity index (χ4n) is 2.58. The van der Waals surface area contributed by atoms with Gasteiger partial charge < -0.3 is 20.1 Å². The van der Waals surface area contributed by atoms with Crippen molar-refractivity contribution in [3.05, 3.63) is 60.7 Å². The quantitative estimate of drug-likeness (QED) is 0.674. The van der Waals surface area contributed by atoms with Gasteiger partial charge in [0.2, 0.25) is 6.79 Å². The summed E-state index contributed by atoms with van der Waals surface area (Å²) >= 11 is 0. The first-order chi connectivity index (χ1) is 13.2. The molecule has 1 aromatic heterocycles. The second kappa shape index (κ2) is 7.16. The number of carbonyl (C=O) groups excluding carboxylic acids is 2. The molecule has 9 nitrogen and oxygen atoms in total. The third-order valence-electron chi connectivity index (χ3n) is 3.92. The molecule has 2 aromatic carbocycles. The van der Waals surface area contributed by atoms with Crippen molar-refractivity contribution in [3.8, 4) is 17.2 Å². The zero-order chi connectivity index (χ0) is 18.6. The molecule has 0 unspecified atom stereocenters. The topological polar surface area (TPSA) is 107 Å². The monoisotopic (exact) mass is 365 g/mol. The number of ether oxygens (including phenoxy) is 2. The van der Waals surface area contributed by atoms with E-state index in [2.05, 4.69) is 20.8 Å². The number of amides is 2. The Morgan fingerprint density at radius 2 is 1.81 bits per heavy atom. The Hall–Kier alpha value is -3.88. The van der Waals surface area contributed by atoms with Gasteiger partial charge in [0.25, 0.3) is 0 Å². The smallest absolute Gasteiger partial charge is 0.313 e. The molecule has 9 heteroatoms. The average Bonchev–Trinajstić information content (AvgIpc) is 3.37. The molecule has 0 saturated heterocycles. The zero-order valence-corrected chi connectivity index (χ0v) is 14.1. The molecule has 0 bridgehead atoms. The van der Waals surface area contributed by atoms with E-state index in [1.54, 1.807) is 53.6 Å². The molecule has 0 aliphatic carbocycles. The Bertz CT molecular complexity index is 987. The molecule has 0 saturated carbocycles. The van der Waals surface area contributed by atoms with E-state index in [0.29, 0.717) is 17.2 Å². The van der Waals surface area contributed by atoms with Crippen molar-refractivity contribution >= 4 is 17.5 Å². The highest BCUT2D eigenvalue weighted by Crippen LogP contribution is 2.32. The van der Waals surface area contributed by atoms with Crippen LogP contribution in [0.15, 0.2) is 55.1 Å². The third kappa shape index (κ3) is 3.71. The van der Waals surface area contributed by atoms with Gasteiger partial charge in [-0.3, -0.25) is 14.2 Å². The Morgan fingerprint density at radius 1 is 1.00 bits per heavy atom. The number of aromatic nitrogens is 3. The number of nitrogens with zero attached hydrogens (tertiary/aromatic N) is 3. The number of benzene rings is 2. The van der Waals surface area contributed by atoms with Crippen LogP contribution in [-0.4, -0.2) is 33.4 Å². The second-order valence-corrected chi connectivity index (χ2v) is 5.74. The number of rotatable bonds is 4. The Kier molecular flexibility index (Phi) is 4.40. The second-order valence-electron chi connectivity index (χ2n) is 5.74. The van der Waals surface area contributed by atoms with Crippen LogP contribution in [0.4, 0.5) is 5.69 Å². The Labute approximate surface area is 153 Å². The minimum absolute atomic E-state index is 0.182. The summed E-state index contributed by atoms with van der Waals surface area (Å²) in [7, 11) is 0. The Morgan fingerprint density at radius 3 is 2.67 bits per heavy atom. The molecule has 4 rings (SSSR count). The van der Waals surface area contributed by atoms with E-state index >= 15 is 0 Å². The molecule has 1 aliphatic heterocycles. The maximum absolute atomic E-state index is 12.1. The van der Waals surface area contributed by atoms with Crippen LogP contribution in [-0.2, 0) is 16.1 Å². The number of hydrogen-bond acceptors (Lipinski definition) is 6. The van der Waals surface area contributed by atoms with Gasteiger partial charge in [-0.05, 0) is 35.9 Å². The largest absolute Gasteiger partial charge is 0.454 e. The summed E-state index contributed by atoms with van der Waals surface area (Å²) in [5, 5.41) is 12.6. The minimum atomic E-state index is -0.753. The summed E-state index contributed by atoms with van der Waals surface area (Å²) < 4.78 is 12.2. The first-order valence-electron chi connectivity index (χ1n) is 8.12. The third-order valence-corrected chi connectivity index (χ3v) is 3.92. The normalized spacial score (nSPS) is 11.9. The predicted molar refractivity (Wildman–Crippen MR) is 94.4 cm³/mol. The van der Waals surface area contributed by atoms with Crippen molar-refractivity contribution < 1.29 is 19.1 Å². The summed E-state index contributed by atoms with van der Waals surface area (Å²) in [6.45, 7) is 0.380. The lowest BCUT2D eigenvalue weighted by Gasteiger charge is -2.08. The lowest BCUT2D eigenvalue weighted by atomic mass is 10.2. The molecular weight excluding hydrogens is 350 g/mol. The molecule has 2 amide bonds. The van der Waals surface area contributed by atoms with Gasteiger partial charge in [0.15, 0.2) is 11.5 Å². The van der Waals surface area contributed by atoms with Crippen molar-refractivity contribution in [1.29, 1.82) is 0 Å². The van der Waals surface area contributed by atoms with Gasteiger partial charge in [-0.15, -0.1) is 10.2 Å². The van der Waals surface area contributed by atoms with E-state index in [-0.39, 0.29) is 13.3 Å². The van der Waals surface area contributed by atoms with Crippen molar-refractivity contribution in [2.45, 2.75) is 6.54 Å². The fraction of sp³-hybridized carbons (Fsp3) is 0.111. The van der Waals surface area contributed by atoms with E-state index in [4.69, 9.17) is 9.47 Å². The van der Waals surface area contributed by atoms with Gasteiger partial charge in [0.1, 0.15) is 12.7 Å². The molecule has 2 N–H and O–H groups in total. The zero-order valence-electron chi connectivity index (χ0n) is 14.1. The standard InChI is InChI=1S/C18H15N5O4/c24-17(19-8-12-4-5-15-16(6-12)27-11-26-15)18(25)22-13-2-1-3-14(7-13)23-9-20-21-10-23/h1-7,9-10H,8,11H2,(H,19,24)(H,22,25). The van der Waals surface area contributed by atoms with Gasteiger partial charge in [-0.1, -0.05) is 12.1 Å².